The van der Waals surface area contributed by atoms with E-state index in [0.717, 1.165) is 0 Å². The van der Waals surface area contributed by atoms with Gasteiger partial charge in [0.05, 0.1) is 6.04 Å². The van der Waals surface area contributed by atoms with Crippen LogP contribution in [0.5, 0.6) is 28.7 Å². The molecule has 0 saturated carbocycles. The molecule has 2 aromatic carbocycles. The van der Waals surface area contributed by atoms with Gasteiger partial charge in [0.1, 0.15) is 23.4 Å². The van der Waals surface area contributed by atoms with E-state index in [1.54, 1.807) is 6.07 Å². The molecule has 2 atom stereocenters. The third-order valence-corrected chi connectivity index (χ3v) is 3.58. The summed E-state index contributed by atoms with van der Waals surface area (Å²) in [5, 5.41) is 38.3. The second kappa shape index (κ2) is 4.75. The van der Waals surface area contributed by atoms with Crippen LogP contribution in [0.25, 0.3) is 0 Å². The van der Waals surface area contributed by atoms with Crippen molar-refractivity contribution in [2.45, 2.75) is 18.6 Å². The number of ether oxygens (including phenoxy) is 1. The zero-order valence-corrected chi connectivity index (χ0v) is 11.0. The van der Waals surface area contributed by atoms with Gasteiger partial charge in [0, 0.05) is 17.7 Å². The van der Waals surface area contributed by atoms with E-state index < -0.39 is 12.1 Å². The van der Waals surface area contributed by atoms with Crippen LogP contribution >= 0.6 is 0 Å². The van der Waals surface area contributed by atoms with Gasteiger partial charge in [-0.05, 0) is 24.1 Å². The van der Waals surface area contributed by atoms with Crippen LogP contribution in [0, 0.1) is 0 Å². The molecule has 0 fully saturated rings. The number of nitrogens with two attached hydrogens (primary N) is 1. The highest BCUT2D eigenvalue weighted by Gasteiger charge is 2.31. The van der Waals surface area contributed by atoms with E-state index in [0.29, 0.717) is 23.3 Å². The van der Waals surface area contributed by atoms with Gasteiger partial charge in [-0.25, -0.2) is 0 Å². The average Bonchev–Trinajstić information content (AvgIpc) is 2.42. The van der Waals surface area contributed by atoms with Crippen molar-refractivity contribution in [2.75, 3.05) is 0 Å². The van der Waals surface area contributed by atoms with Crippen molar-refractivity contribution in [3.8, 4) is 28.7 Å². The van der Waals surface area contributed by atoms with Crippen LogP contribution in [-0.4, -0.2) is 26.5 Å². The Morgan fingerprint density at radius 1 is 0.952 bits per heavy atom. The van der Waals surface area contributed by atoms with Gasteiger partial charge in [-0.2, -0.15) is 0 Å². The van der Waals surface area contributed by atoms with Crippen LogP contribution in [0.2, 0.25) is 0 Å². The highest BCUT2D eigenvalue weighted by molar-refractivity contribution is 5.52. The molecule has 6 heteroatoms. The van der Waals surface area contributed by atoms with Crippen molar-refractivity contribution in [1.82, 2.24) is 0 Å². The molecule has 2 unspecified atom stereocenters. The Morgan fingerprint density at radius 3 is 2.43 bits per heavy atom. The van der Waals surface area contributed by atoms with Crippen molar-refractivity contribution in [1.29, 1.82) is 0 Å². The van der Waals surface area contributed by atoms with E-state index in [1.807, 2.05) is 0 Å². The molecule has 1 aliphatic rings. The first-order valence-corrected chi connectivity index (χ1v) is 6.44. The van der Waals surface area contributed by atoms with E-state index in [-0.39, 0.29) is 23.0 Å². The summed E-state index contributed by atoms with van der Waals surface area (Å²) in [6, 6.07) is 6.56. The molecule has 0 bridgehead atoms. The number of phenolic OH excluding ortho intramolecular Hbond substituents is 4. The smallest absolute Gasteiger partial charge is 0.157 e. The minimum Gasteiger partial charge on any atom is -0.508 e. The van der Waals surface area contributed by atoms with Crippen LogP contribution in [-0.2, 0) is 6.42 Å². The monoisotopic (exact) mass is 289 g/mol. The van der Waals surface area contributed by atoms with Gasteiger partial charge in [-0.1, -0.05) is 6.07 Å². The Morgan fingerprint density at radius 2 is 1.71 bits per heavy atom. The fourth-order valence-electron chi connectivity index (χ4n) is 2.53. The normalized spacial score (nSPS) is 20.6. The molecule has 1 heterocycles. The minimum atomic E-state index is -0.551. The summed E-state index contributed by atoms with van der Waals surface area (Å²) in [5.41, 5.74) is 7.22. The fraction of sp³-hybridized carbons (Fsp3) is 0.200. The predicted molar refractivity (Wildman–Crippen MR) is 74.6 cm³/mol. The summed E-state index contributed by atoms with van der Waals surface area (Å²) in [4.78, 5) is 0. The number of aromatic hydroxyl groups is 4. The van der Waals surface area contributed by atoms with Gasteiger partial charge in [0.2, 0.25) is 0 Å². The van der Waals surface area contributed by atoms with Crippen molar-refractivity contribution < 1.29 is 25.2 Å². The van der Waals surface area contributed by atoms with Crippen molar-refractivity contribution in [3.05, 3.63) is 41.5 Å². The second-order valence-corrected chi connectivity index (χ2v) is 5.10. The lowest BCUT2D eigenvalue weighted by Gasteiger charge is -2.32. The summed E-state index contributed by atoms with van der Waals surface area (Å²) >= 11 is 0. The summed E-state index contributed by atoms with van der Waals surface area (Å²) in [7, 11) is 0. The van der Waals surface area contributed by atoms with Gasteiger partial charge in [0.15, 0.2) is 11.5 Å². The Balaban J connectivity index is 2.00. The molecule has 0 aromatic heterocycles. The van der Waals surface area contributed by atoms with Crippen LogP contribution < -0.4 is 10.5 Å². The Hall–Kier alpha value is -2.60. The number of benzene rings is 2. The van der Waals surface area contributed by atoms with Gasteiger partial charge in [-0.15, -0.1) is 0 Å². The van der Waals surface area contributed by atoms with Gasteiger partial charge in [-0.3, -0.25) is 0 Å². The maximum atomic E-state index is 9.82. The topological polar surface area (TPSA) is 116 Å². The lowest BCUT2D eigenvalue weighted by Crippen LogP contribution is -2.37. The molecule has 110 valence electrons. The second-order valence-electron chi connectivity index (χ2n) is 5.10. The van der Waals surface area contributed by atoms with Gasteiger partial charge < -0.3 is 30.9 Å². The highest BCUT2D eigenvalue weighted by Crippen LogP contribution is 2.42. The molecule has 3 rings (SSSR count). The molecule has 0 amide bonds. The summed E-state index contributed by atoms with van der Waals surface area (Å²) < 4.78 is 5.75. The minimum absolute atomic E-state index is 0.0625. The van der Waals surface area contributed by atoms with E-state index in [9.17, 15) is 20.4 Å². The van der Waals surface area contributed by atoms with E-state index in [2.05, 4.69) is 0 Å². The molecule has 6 nitrogen and oxygen atoms in total. The summed E-state index contributed by atoms with van der Waals surface area (Å²) in [5.74, 6) is -0.292. The van der Waals surface area contributed by atoms with Crippen LogP contribution in [0.4, 0.5) is 0 Å². The molecule has 0 spiro atoms. The molecule has 0 saturated heterocycles. The molecule has 21 heavy (non-hydrogen) atoms. The first kappa shape index (κ1) is 13.4. The lowest BCUT2D eigenvalue weighted by molar-refractivity contribution is 0.150. The standard InChI is InChI=1S/C15H15NO5/c16-10-6-9-12(19)4-8(17)5-14(9)21-15(10)7-1-2-11(18)13(20)3-7/h1-5,10,15,17-20H,6,16H2. The quantitative estimate of drug-likeness (QED) is 0.508. The number of hydrogen-bond donors (Lipinski definition) is 5. The van der Waals surface area contributed by atoms with Crippen LogP contribution in [0.1, 0.15) is 17.2 Å². The Labute approximate surface area is 120 Å². The Kier molecular flexibility index (Phi) is 3.03. The van der Waals surface area contributed by atoms with Crippen LogP contribution in [0.15, 0.2) is 30.3 Å². The first-order valence-electron chi connectivity index (χ1n) is 6.44. The lowest BCUT2D eigenvalue weighted by atomic mass is 9.92. The Bertz CT molecular complexity index is 701. The molecule has 1 aliphatic heterocycles. The highest BCUT2D eigenvalue weighted by atomic mass is 16.5. The average molecular weight is 289 g/mol. The molecule has 0 aliphatic carbocycles. The van der Waals surface area contributed by atoms with Crippen LogP contribution in [0.3, 0.4) is 0 Å². The van der Waals surface area contributed by atoms with E-state index in [4.69, 9.17) is 10.5 Å². The van der Waals surface area contributed by atoms with Gasteiger partial charge >= 0.3 is 0 Å². The fourth-order valence-corrected chi connectivity index (χ4v) is 2.53. The van der Waals surface area contributed by atoms with E-state index in [1.165, 1.54) is 24.3 Å². The van der Waals surface area contributed by atoms with E-state index >= 15 is 0 Å². The molecule has 0 radical (unpaired) electrons. The SMILES string of the molecule is NC1Cc2c(O)cc(O)cc2OC1c1ccc(O)c(O)c1. The number of hydrogen-bond acceptors (Lipinski definition) is 6. The van der Waals surface area contributed by atoms with Crippen molar-refractivity contribution in [2.24, 2.45) is 5.73 Å². The zero-order valence-electron chi connectivity index (χ0n) is 11.0. The summed E-state index contributed by atoms with van der Waals surface area (Å²) in [6.45, 7) is 0. The molecular weight excluding hydrogens is 274 g/mol. The zero-order chi connectivity index (χ0) is 15.1. The first-order chi connectivity index (χ1) is 9.95. The van der Waals surface area contributed by atoms with Crippen molar-refractivity contribution >= 4 is 0 Å². The largest absolute Gasteiger partial charge is 0.508 e. The van der Waals surface area contributed by atoms with Crippen molar-refractivity contribution in [3.63, 3.8) is 0 Å². The number of fused-ring (bicyclic) bond motifs is 1. The van der Waals surface area contributed by atoms with Gasteiger partial charge in [0.25, 0.3) is 0 Å². The molecular formula is C15H15NO5. The maximum absolute atomic E-state index is 9.82. The molecule has 6 N–H and O–H groups in total. The predicted octanol–water partition coefficient (Wildman–Crippen LogP) is 1.51. The number of rotatable bonds is 1. The third-order valence-electron chi connectivity index (χ3n) is 3.58. The number of phenols is 4. The summed E-state index contributed by atoms with van der Waals surface area (Å²) in [6.07, 6.45) is -0.182. The maximum Gasteiger partial charge on any atom is 0.157 e. The third kappa shape index (κ3) is 2.30. The molecule has 2 aromatic rings.